The number of aliphatic hydroxyl groups excluding tert-OH is 1. The van der Waals surface area contributed by atoms with Crippen LogP contribution in [0.15, 0.2) is 0 Å². The van der Waals surface area contributed by atoms with Crippen molar-refractivity contribution in [2.75, 3.05) is 19.8 Å². The van der Waals surface area contributed by atoms with E-state index in [0.29, 0.717) is 25.6 Å². The van der Waals surface area contributed by atoms with Crippen LogP contribution in [0.2, 0.25) is 0 Å². The van der Waals surface area contributed by atoms with E-state index in [1.165, 1.54) is 6.42 Å². The van der Waals surface area contributed by atoms with Crippen molar-refractivity contribution in [2.24, 2.45) is 5.92 Å². The Balaban J connectivity index is 2.42. The average molecular weight is 243 g/mol. The van der Waals surface area contributed by atoms with E-state index in [4.69, 9.17) is 4.74 Å². The largest absolute Gasteiger partial charge is 0.394 e. The van der Waals surface area contributed by atoms with Crippen LogP contribution in [-0.4, -0.2) is 36.4 Å². The number of nitrogens with one attached hydrogen (secondary N) is 1. The number of carbonyl (C=O) groups excluding carboxylic acids is 1. The smallest absolute Gasteiger partial charge is 0.222 e. The minimum Gasteiger partial charge on any atom is -0.394 e. The van der Waals surface area contributed by atoms with E-state index in [1.807, 2.05) is 6.92 Å². The third kappa shape index (κ3) is 4.64. The fourth-order valence-electron chi connectivity index (χ4n) is 2.62. The van der Waals surface area contributed by atoms with Crippen molar-refractivity contribution in [1.82, 2.24) is 5.32 Å². The van der Waals surface area contributed by atoms with Crippen molar-refractivity contribution in [3.05, 3.63) is 0 Å². The van der Waals surface area contributed by atoms with Crippen molar-refractivity contribution in [1.29, 1.82) is 0 Å². The van der Waals surface area contributed by atoms with Crippen LogP contribution >= 0.6 is 0 Å². The fourth-order valence-corrected chi connectivity index (χ4v) is 2.62. The molecule has 1 amide bonds. The van der Waals surface area contributed by atoms with E-state index < -0.39 is 0 Å². The molecule has 1 aliphatic carbocycles. The highest BCUT2D eigenvalue weighted by atomic mass is 16.5. The Morgan fingerprint density at radius 1 is 1.59 bits per heavy atom. The van der Waals surface area contributed by atoms with Gasteiger partial charge < -0.3 is 15.2 Å². The average Bonchev–Trinajstić information content (AvgIpc) is 2.29. The lowest BCUT2D eigenvalue weighted by Crippen LogP contribution is -2.54. The topological polar surface area (TPSA) is 58.6 Å². The van der Waals surface area contributed by atoms with Crippen LogP contribution in [0.3, 0.4) is 0 Å². The monoisotopic (exact) mass is 243 g/mol. The molecule has 0 bridgehead atoms. The number of amides is 1. The molecule has 0 aliphatic heterocycles. The number of hydrogen-bond acceptors (Lipinski definition) is 3. The molecule has 0 aromatic heterocycles. The lowest BCUT2D eigenvalue weighted by atomic mass is 9.77. The first-order valence-electron chi connectivity index (χ1n) is 6.61. The molecule has 0 radical (unpaired) electrons. The van der Waals surface area contributed by atoms with Gasteiger partial charge >= 0.3 is 0 Å². The molecule has 0 aromatic carbocycles. The fraction of sp³-hybridized carbons (Fsp3) is 0.923. The predicted octanol–water partition coefficient (Wildman–Crippen LogP) is 1.47. The maximum atomic E-state index is 11.8. The molecule has 0 heterocycles. The van der Waals surface area contributed by atoms with E-state index >= 15 is 0 Å². The summed E-state index contributed by atoms with van der Waals surface area (Å²) in [7, 11) is 0. The second-order valence-electron chi connectivity index (χ2n) is 5.14. The second-order valence-corrected chi connectivity index (χ2v) is 5.14. The zero-order valence-electron chi connectivity index (χ0n) is 11.0. The number of aliphatic hydroxyl groups is 1. The molecular weight excluding hydrogens is 218 g/mol. The van der Waals surface area contributed by atoms with Crippen LogP contribution in [0.1, 0.15) is 46.0 Å². The summed E-state index contributed by atoms with van der Waals surface area (Å²) >= 11 is 0. The van der Waals surface area contributed by atoms with Crippen LogP contribution in [0.4, 0.5) is 0 Å². The van der Waals surface area contributed by atoms with E-state index in [2.05, 4.69) is 12.2 Å². The summed E-state index contributed by atoms with van der Waals surface area (Å²) in [5, 5.41) is 12.5. The lowest BCUT2D eigenvalue weighted by Gasteiger charge is -2.39. The summed E-state index contributed by atoms with van der Waals surface area (Å²) in [5.41, 5.74) is -0.388. The van der Waals surface area contributed by atoms with Crippen molar-refractivity contribution in [3.63, 3.8) is 0 Å². The molecule has 1 saturated carbocycles. The molecule has 1 rings (SSSR count). The molecular formula is C13H25NO3. The van der Waals surface area contributed by atoms with Gasteiger partial charge in [-0.25, -0.2) is 0 Å². The number of ether oxygens (including phenoxy) is 1. The second kappa shape index (κ2) is 6.97. The number of hydrogen-bond donors (Lipinski definition) is 2. The van der Waals surface area contributed by atoms with Crippen LogP contribution in [-0.2, 0) is 9.53 Å². The Morgan fingerprint density at radius 3 is 2.94 bits per heavy atom. The molecule has 2 N–H and O–H groups in total. The van der Waals surface area contributed by atoms with Crippen LogP contribution in [0.25, 0.3) is 0 Å². The van der Waals surface area contributed by atoms with Gasteiger partial charge in [-0.1, -0.05) is 19.8 Å². The summed E-state index contributed by atoms with van der Waals surface area (Å²) in [6.45, 7) is 5.22. The van der Waals surface area contributed by atoms with Crippen molar-refractivity contribution >= 4 is 5.91 Å². The van der Waals surface area contributed by atoms with Gasteiger partial charge in [-0.3, -0.25) is 4.79 Å². The maximum Gasteiger partial charge on any atom is 0.222 e. The maximum absolute atomic E-state index is 11.8. The standard InChI is InChI=1S/C13H25NO3/c1-3-17-8-6-12(16)14-13(10-15)7-4-5-11(2)9-13/h11,15H,3-10H2,1-2H3,(H,14,16). The Kier molecular flexibility index (Phi) is 5.92. The van der Waals surface area contributed by atoms with Gasteiger partial charge in [-0.05, 0) is 25.7 Å². The molecule has 0 aromatic rings. The number of carbonyl (C=O) groups is 1. The van der Waals surface area contributed by atoms with Gasteiger partial charge in [0.15, 0.2) is 0 Å². The van der Waals surface area contributed by atoms with Gasteiger partial charge in [0.25, 0.3) is 0 Å². The van der Waals surface area contributed by atoms with Crippen molar-refractivity contribution in [2.45, 2.75) is 51.5 Å². The molecule has 2 atom stereocenters. The summed E-state index contributed by atoms with van der Waals surface area (Å²) in [5.74, 6) is 0.560. The zero-order valence-corrected chi connectivity index (χ0v) is 11.0. The first kappa shape index (κ1) is 14.5. The summed E-state index contributed by atoms with van der Waals surface area (Å²) in [6, 6.07) is 0. The van der Waals surface area contributed by atoms with Gasteiger partial charge in [0.2, 0.25) is 5.91 Å². The van der Waals surface area contributed by atoms with Crippen LogP contribution in [0.5, 0.6) is 0 Å². The minimum absolute atomic E-state index is 0.0124. The van der Waals surface area contributed by atoms with Gasteiger partial charge in [0.1, 0.15) is 0 Å². The zero-order chi connectivity index (χ0) is 12.7. The Hall–Kier alpha value is -0.610. The molecule has 0 spiro atoms. The molecule has 4 nitrogen and oxygen atoms in total. The normalized spacial score (nSPS) is 29.0. The van der Waals surface area contributed by atoms with Crippen molar-refractivity contribution < 1.29 is 14.6 Å². The molecule has 1 fully saturated rings. The summed E-state index contributed by atoms with van der Waals surface area (Å²) in [4.78, 5) is 11.8. The number of rotatable bonds is 6. The van der Waals surface area contributed by atoms with E-state index in [9.17, 15) is 9.90 Å². The molecule has 1 aliphatic rings. The summed E-state index contributed by atoms with van der Waals surface area (Å²) < 4.78 is 5.16. The van der Waals surface area contributed by atoms with E-state index in [1.54, 1.807) is 0 Å². The van der Waals surface area contributed by atoms with Crippen LogP contribution in [0, 0.1) is 5.92 Å². The quantitative estimate of drug-likeness (QED) is 0.695. The molecule has 100 valence electrons. The van der Waals surface area contributed by atoms with Gasteiger partial charge in [0, 0.05) is 13.0 Å². The SMILES string of the molecule is CCOCCC(=O)NC1(CO)CCCC(C)C1. The van der Waals surface area contributed by atoms with Crippen molar-refractivity contribution in [3.8, 4) is 0 Å². The Labute approximate surface area is 104 Å². The predicted molar refractivity (Wildman–Crippen MR) is 66.7 cm³/mol. The Bertz CT molecular complexity index is 245. The molecule has 17 heavy (non-hydrogen) atoms. The van der Waals surface area contributed by atoms with E-state index in [-0.39, 0.29) is 18.1 Å². The van der Waals surface area contributed by atoms with Gasteiger partial charge in [-0.15, -0.1) is 0 Å². The molecule has 2 unspecified atom stereocenters. The minimum atomic E-state index is -0.388. The first-order chi connectivity index (χ1) is 8.12. The molecule has 4 heteroatoms. The third-order valence-corrected chi connectivity index (χ3v) is 3.48. The highest BCUT2D eigenvalue weighted by molar-refractivity contribution is 5.76. The third-order valence-electron chi connectivity index (χ3n) is 3.48. The molecule has 0 saturated heterocycles. The first-order valence-corrected chi connectivity index (χ1v) is 6.61. The van der Waals surface area contributed by atoms with Crippen LogP contribution < -0.4 is 5.32 Å². The highest BCUT2D eigenvalue weighted by Gasteiger charge is 2.35. The van der Waals surface area contributed by atoms with Gasteiger partial charge in [0.05, 0.1) is 18.8 Å². The van der Waals surface area contributed by atoms with Gasteiger partial charge in [-0.2, -0.15) is 0 Å². The highest BCUT2D eigenvalue weighted by Crippen LogP contribution is 2.31. The Morgan fingerprint density at radius 2 is 2.35 bits per heavy atom. The summed E-state index contributed by atoms with van der Waals surface area (Å²) in [6.07, 6.45) is 4.41. The van der Waals surface area contributed by atoms with E-state index in [0.717, 1.165) is 19.3 Å². The lowest BCUT2D eigenvalue weighted by molar-refractivity contribution is -0.125.